The van der Waals surface area contributed by atoms with Crippen molar-refractivity contribution in [3.05, 3.63) is 52.8 Å². The third-order valence-electron chi connectivity index (χ3n) is 2.70. The smallest absolute Gasteiger partial charge is 0.162 e. The van der Waals surface area contributed by atoms with Crippen LogP contribution in [0.25, 0.3) is 0 Å². The molecule has 2 rings (SSSR count). The molecule has 0 aliphatic heterocycles. The summed E-state index contributed by atoms with van der Waals surface area (Å²) in [5.41, 5.74) is 1.11. The Labute approximate surface area is 115 Å². The van der Waals surface area contributed by atoms with E-state index in [2.05, 4.69) is 5.32 Å². The Morgan fingerprint density at radius 3 is 2.84 bits per heavy atom. The van der Waals surface area contributed by atoms with Crippen LogP contribution in [0, 0.1) is 5.82 Å². The van der Waals surface area contributed by atoms with Crippen LogP contribution < -0.4 is 10.1 Å². The summed E-state index contributed by atoms with van der Waals surface area (Å²) < 4.78 is 18.1. The number of ether oxygens (including phenoxy) is 1. The van der Waals surface area contributed by atoms with Gasteiger partial charge in [-0.25, -0.2) is 4.39 Å². The van der Waals surface area contributed by atoms with Gasteiger partial charge < -0.3 is 15.2 Å². The minimum absolute atomic E-state index is 0.0602. The first-order chi connectivity index (χ1) is 9.11. The topological polar surface area (TPSA) is 41.5 Å². The summed E-state index contributed by atoms with van der Waals surface area (Å²) in [7, 11) is 1.48. The standard InChI is InChI=1S/C14H13ClFNO2/c1-19-13-4-2-3-9(14(13)18)8-17-12-7-10(16)5-6-11(12)15/h2-7,17-18H,8H2,1H3. The first kappa shape index (κ1) is 13.5. The van der Waals surface area contributed by atoms with E-state index in [1.54, 1.807) is 18.2 Å². The fourth-order valence-corrected chi connectivity index (χ4v) is 1.88. The van der Waals surface area contributed by atoms with E-state index in [0.717, 1.165) is 0 Å². The molecule has 0 fully saturated rings. The lowest BCUT2D eigenvalue weighted by Gasteiger charge is -2.11. The number of methoxy groups -OCH3 is 1. The zero-order valence-electron chi connectivity index (χ0n) is 10.3. The SMILES string of the molecule is COc1cccc(CNc2cc(F)ccc2Cl)c1O. The second-order valence-electron chi connectivity index (χ2n) is 3.95. The van der Waals surface area contributed by atoms with Gasteiger partial charge in [0.25, 0.3) is 0 Å². The highest BCUT2D eigenvalue weighted by atomic mass is 35.5. The number of nitrogens with one attached hydrogen (secondary N) is 1. The van der Waals surface area contributed by atoms with Gasteiger partial charge in [-0.05, 0) is 24.3 Å². The fraction of sp³-hybridized carbons (Fsp3) is 0.143. The number of anilines is 1. The largest absolute Gasteiger partial charge is 0.504 e. The molecular weight excluding hydrogens is 269 g/mol. The quantitative estimate of drug-likeness (QED) is 0.895. The number of phenols is 1. The van der Waals surface area contributed by atoms with Crippen LogP contribution in [0.4, 0.5) is 10.1 Å². The number of hydrogen-bond donors (Lipinski definition) is 2. The third-order valence-corrected chi connectivity index (χ3v) is 3.03. The molecule has 19 heavy (non-hydrogen) atoms. The summed E-state index contributed by atoms with van der Waals surface area (Å²) in [5, 5.41) is 13.3. The highest BCUT2D eigenvalue weighted by molar-refractivity contribution is 6.33. The highest BCUT2D eigenvalue weighted by Crippen LogP contribution is 2.30. The number of hydrogen-bond acceptors (Lipinski definition) is 3. The van der Waals surface area contributed by atoms with Crippen LogP contribution in [0.3, 0.4) is 0 Å². The summed E-state index contributed by atoms with van der Waals surface area (Å²) in [6.45, 7) is 0.312. The van der Waals surface area contributed by atoms with Crippen molar-refractivity contribution in [2.45, 2.75) is 6.54 Å². The number of para-hydroxylation sites is 1. The van der Waals surface area contributed by atoms with Gasteiger partial charge in [-0.2, -0.15) is 0 Å². The molecule has 0 aromatic heterocycles. The molecule has 0 saturated carbocycles. The summed E-state index contributed by atoms with van der Waals surface area (Å²) >= 11 is 5.94. The molecule has 3 nitrogen and oxygen atoms in total. The van der Waals surface area contributed by atoms with E-state index in [1.165, 1.54) is 25.3 Å². The van der Waals surface area contributed by atoms with E-state index < -0.39 is 0 Å². The molecule has 0 aliphatic rings. The summed E-state index contributed by atoms with van der Waals surface area (Å²) in [5.74, 6) is 0.0800. The molecule has 0 radical (unpaired) electrons. The van der Waals surface area contributed by atoms with Crippen molar-refractivity contribution in [2.75, 3.05) is 12.4 Å². The molecule has 0 aliphatic carbocycles. The van der Waals surface area contributed by atoms with E-state index in [4.69, 9.17) is 16.3 Å². The van der Waals surface area contributed by atoms with Crippen molar-refractivity contribution < 1.29 is 14.2 Å². The van der Waals surface area contributed by atoms with E-state index in [-0.39, 0.29) is 11.6 Å². The van der Waals surface area contributed by atoms with Crippen LogP contribution in [-0.4, -0.2) is 12.2 Å². The molecule has 0 bridgehead atoms. The maximum absolute atomic E-state index is 13.1. The second-order valence-corrected chi connectivity index (χ2v) is 4.35. The normalized spacial score (nSPS) is 10.3. The Morgan fingerprint density at radius 2 is 2.11 bits per heavy atom. The van der Waals surface area contributed by atoms with Crippen LogP contribution in [0.5, 0.6) is 11.5 Å². The average Bonchev–Trinajstić information content (AvgIpc) is 2.41. The van der Waals surface area contributed by atoms with Crippen molar-refractivity contribution in [2.24, 2.45) is 0 Å². The van der Waals surface area contributed by atoms with Gasteiger partial charge in [-0.3, -0.25) is 0 Å². The zero-order valence-corrected chi connectivity index (χ0v) is 11.0. The van der Waals surface area contributed by atoms with Gasteiger partial charge in [-0.15, -0.1) is 0 Å². The lowest BCUT2D eigenvalue weighted by atomic mass is 10.2. The van der Waals surface area contributed by atoms with Crippen molar-refractivity contribution >= 4 is 17.3 Å². The van der Waals surface area contributed by atoms with E-state index >= 15 is 0 Å². The van der Waals surface area contributed by atoms with Crippen molar-refractivity contribution in [1.82, 2.24) is 0 Å². The maximum atomic E-state index is 13.1. The third kappa shape index (κ3) is 3.09. The van der Waals surface area contributed by atoms with Crippen LogP contribution in [0.2, 0.25) is 5.02 Å². The molecule has 0 atom stereocenters. The Bertz CT molecular complexity index is 590. The fourth-order valence-electron chi connectivity index (χ4n) is 1.70. The Kier molecular flexibility index (Phi) is 4.12. The molecule has 0 amide bonds. The molecule has 0 heterocycles. The minimum Gasteiger partial charge on any atom is -0.504 e. The van der Waals surface area contributed by atoms with Crippen molar-refractivity contribution in [3.8, 4) is 11.5 Å². The molecule has 100 valence electrons. The van der Waals surface area contributed by atoms with Gasteiger partial charge in [0.2, 0.25) is 0 Å². The summed E-state index contributed by atoms with van der Waals surface area (Å²) in [6, 6.07) is 9.25. The molecule has 2 aromatic carbocycles. The Morgan fingerprint density at radius 1 is 1.32 bits per heavy atom. The number of rotatable bonds is 4. The minimum atomic E-state index is -0.373. The van der Waals surface area contributed by atoms with Gasteiger partial charge >= 0.3 is 0 Å². The van der Waals surface area contributed by atoms with E-state index in [0.29, 0.717) is 28.6 Å². The molecule has 2 N–H and O–H groups in total. The van der Waals surface area contributed by atoms with Crippen LogP contribution in [0.1, 0.15) is 5.56 Å². The molecule has 2 aromatic rings. The maximum Gasteiger partial charge on any atom is 0.162 e. The first-order valence-corrected chi connectivity index (χ1v) is 6.03. The Hall–Kier alpha value is -1.94. The van der Waals surface area contributed by atoms with Gasteiger partial charge in [0, 0.05) is 12.1 Å². The lowest BCUT2D eigenvalue weighted by Crippen LogP contribution is -2.01. The molecule has 0 spiro atoms. The summed E-state index contributed by atoms with van der Waals surface area (Å²) in [4.78, 5) is 0. The average molecular weight is 282 g/mol. The predicted octanol–water partition coefficient (Wildman–Crippen LogP) is 3.81. The van der Waals surface area contributed by atoms with Crippen molar-refractivity contribution in [1.29, 1.82) is 0 Å². The highest BCUT2D eigenvalue weighted by Gasteiger charge is 2.08. The number of halogens is 2. The predicted molar refractivity (Wildman–Crippen MR) is 73.4 cm³/mol. The van der Waals surface area contributed by atoms with Crippen LogP contribution >= 0.6 is 11.6 Å². The number of phenolic OH excluding ortho intramolecular Hbond substituents is 1. The number of aromatic hydroxyl groups is 1. The van der Waals surface area contributed by atoms with Crippen molar-refractivity contribution in [3.63, 3.8) is 0 Å². The molecule has 0 saturated heterocycles. The molecule has 0 unspecified atom stereocenters. The molecular formula is C14H13ClFNO2. The zero-order chi connectivity index (χ0) is 13.8. The van der Waals surface area contributed by atoms with Crippen LogP contribution in [-0.2, 0) is 6.54 Å². The Balaban J connectivity index is 2.17. The van der Waals surface area contributed by atoms with Crippen LogP contribution in [0.15, 0.2) is 36.4 Å². The van der Waals surface area contributed by atoms with E-state index in [1.807, 2.05) is 0 Å². The van der Waals surface area contributed by atoms with Gasteiger partial charge in [0.1, 0.15) is 5.82 Å². The first-order valence-electron chi connectivity index (χ1n) is 5.65. The number of benzene rings is 2. The summed E-state index contributed by atoms with van der Waals surface area (Å²) in [6.07, 6.45) is 0. The monoisotopic (exact) mass is 281 g/mol. The van der Waals surface area contributed by atoms with E-state index in [9.17, 15) is 9.50 Å². The van der Waals surface area contributed by atoms with Gasteiger partial charge in [0.15, 0.2) is 11.5 Å². The lowest BCUT2D eigenvalue weighted by molar-refractivity contribution is 0.371. The molecule has 5 heteroatoms. The second kappa shape index (κ2) is 5.80. The van der Waals surface area contributed by atoms with Gasteiger partial charge in [-0.1, -0.05) is 23.7 Å². The van der Waals surface area contributed by atoms with Gasteiger partial charge in [0.05, 0.1) is 17.8 Å².